The van der Waals surface area contributed by atoms with Crippen molar-refractivity contribution < 1.29 is 18.7 Å². The van der Waals surface area contributed by atoms with Gasteiger partial charge in [-0.15, -0.1) is 0 Å². The summed E-state index contributed by atoms with van der Waals surface area (Å²) in [6.45, 7) is 2.62. The lowest BCUT2D eigenvalue weighted by Gasteiger charge is -2.32. The molecule has 2 aromatic rings. The van der Waals surface area contributed by atoms with Crippen molar-refractivity contribution in [3.05, 3.63) is 65.2 Å². The molecule has 0 aliphatic carbocycles. The zero-order valence-corrected chi connectivity index (χ0v) is 17.1. The van der Waals surface area contributed by atoms with Crippen molar-refractivity contribution in [2.24, 2.45) is 5.92 Å². The summed E-state index contributed by atoms with van der Waals surface area (Å²) in [4.78, 5) is 17.0. The van der Waals surface area contributed by atoms with Crippen LogP contribution in [0.4, 0.5) is 14.5 Å². The van der Waals surface area contributed by atoms with Gasteiger partial charge in [-0.1, -0.05) is 18.2 Å². The molecule has 0 spiro atoms. The predicted octanol–water partition coefficient (Wildman–Crippen LogP) is 3.93. The Kier molecular flexibility index (Phi) is 6.44. The van der Waals surface area contributed by atoms with E-state index in [2.05, 4.69) is 4.90 Å². The normalized spacial score (nSPS) is 20.6. The number of hydrogen-bond acceptors (Lipinski definition) is 3. The van der Waals surface area contributed by atoms with Gasteiger partial charge in [0.05, 0.1) is 12.2 Å². The number of rotatable bonds is 4. The second kappa shape index (κ2) is 9.23. The number of carbonyl (C=O) groups is 1. The third-order valence-electron chi connectivity index (χ3n) is 6.43. The van der Waals surface area contributed by atoms with Crippen molar-refractivity contribution in [1.82, 2.24) is 4.90 Å². The number of amides is 1. The molecule has 0 aromatic heterocycles. The number of aliphatic hydroxyl groups excluding tert-OH is 1. The van der Waals surface area contributed by atoms with Gasteiger partial charge in [0, 0.05) is 19.1 Å². The molecule has 0 radical (unpaired) electrons. The third-order valence-corrected chi connectivity index (χ3v) is 6.43. The fraction of sp³-hybridized carbons (Fsp3) is 0.458. The Labute approximate surface area is 176 Å². The van der Waals surface area contributed by atoms with Crippen LogP contribution in [-0.4, -0.2) is 48.7 Å². The van der Waals surface area contributed by atoms with Crippen LogP contribution in [0.2, 0.25) is 0 Å². The van der Waals surface area contributed by atoms with Gasteiger partial charge in [-0.05, 0) is 80.1 Å². The maximum Gasteiger partial charge on any atom is 0.241 e. The van der Waals surface area contributed by atoms with Crippen LogP contribution in [0.5, 0.6) is 0 Å². The number of benzene rings is 2. The lowest BCUT2D eigenvalue weighted by molar-refractivity contribution is -0.120. The number of aliphatic hydroxyl groups is 1. The number of carbonyl (C=O) groups excluding carboxylic acids is 1. The maximum absolute atomic E-state index is 14.2. The molecule has 6 heteroatoms. The Morgan fingerprint density at radius 3 is 2.37 bits per heavy atom. The van der Waals surface area contributed by atoms with Crippen molar-refractivity contribution in [3.63, 3.8) is 0 Å². The van der Waals surface area contributed by atoms with Crippen LogP contribution in [-0.2, 0) is 4.79 Å². The Morgan fingerprint density at radius 2 is 1.67 bits per heavy atom. The van der Waals surface area contributed by atoms with Crippen LogP contribution in [0.15, 0.2) is 42.5 Å². The van der Waals surface area contributed by atoms with Crippen molar-refractivity contribution in [2.45, 2.75) is 31.6 Å². The second-order valence-electron chi connectivity index (χ2n) is 8.40. The summed E-state index contributed by atoms with van der Waals surface area (Å²) in [7, 11) is 0. The van der Waals surface area contributed by atoms with Gasteiger partial charge in [-0.2, -0.15) is 0 Å². The average Bonchev–Trinajstić information content (AvgIpc) is 2.94. The number of anilines is 1. The molecule has 0 saturated carbocycles. The molecule has 4 rings (SSSR count). The molecule has 2 aliphatic heterocycles. The molecule has 1 fully saturated rings. The lowest BCUT2D eigenvalue weighted by atomic mass is 9.87. The smallest absolute Gasteiger partial charge is 0.241 e. The minimum absolute atomic E-state index is 0.000649. The Bertz CT molecular complexity index is 879. The van der Waals surface area contributed by atoms with Crippen LogP contribution >= 0.6 is 0 Å². The third kappa shape index (κ3) is 4.55. The molecule has 2 aromatic carbocycles. The molecule has 2 aliphatic rings. The largest absolute Gasteiger partial charge is 0.396 e. The van der Waals surface area contributed by atoms with E-state index in [1.54, 1.807) is 23.1 Å². The van der Waals surface area contributed by atoms with Crippen LogP contribution in [0.3, 0.4) is 0 Å². The van der Waals surface area contributed by atoms with Crippen molar-refractivity contribution in [3.8, 4) is 0 Å². The molecular formula is C24H28F2N2O2. The highest BCUT2D eigenvalue weighted by Gasteiger charge is 2.29. The minimum Gasteiger partial charge on any atom is -0.396 e. The molecule has 160 valence electrons. The van der Waals surface area contributed by atoms with Gasteiger partial charge < -0.3 is 10.0 Å². The SMILES string of the molecule is O=C(CN1CCC(CO)CC1)N1CCCC(c2ccc(F)cc2)c2ccc(F)cc21. The number of piperidine rings is 1. The molecule has 2 heterocycles. The van der Waals surface area contributed by atoms with E-state index in [1.165, 1.54) is 24.3 Å². The predicted molar refractivity (Wildman–Crippen MR) is 112 cm³/mol. The van der Waals surface area contributed by atoms with Gasteiger partial charge in [0.25, 0.3) is 0 Å². The van der Waals surface area contributed by atoms with E-state index in [0.717, 1.165) is 49.9 Å². The van der Waals surface area contributed by atoms with Gasteiger partial charge in [0.15, 0.2) is 0 Å². The standard InChI is InChI=1S/C24H28F2N2O2/c25-19-5-3-18(4-6-19)21-2-1-11-28(23-14-20(26)7-8-22(21)23)24(30)15-27-12-9-17(16-29)10-13-27/h3-8,14,17,21,29H,1-2,9-13,15-16H2. The van der Waals surface area contributed by atoms with Gasteiger partial charge in [-0.25, -0.2) is 8.78 Å². The fourth-order valence-electron chi connectivity index (χ4n) is 4.68. The average molecular weight is 414 g/mol. The van der Waals surface area contributed by atoms with E-state index in [4.69, 9.17) is 0 Å². The maximum atomic E-state index is 14.2. The number of likely N-dealkylation sites (tertiary alicyclic amines) is 1. The zero-order valence-electron chi connectivity index (χ0n) is 17.1. The fourth-order valence-corrected chi connectivity index (χ4v) is 4.68. The van der Waals surface area contributed by atoms with Crippen LogP contribution in [0, 0.1) is 17.6 Å². The lowest BCUT2D eigenvalue weighted by Crippen LogP contribution is -2.44. The number of fused-ring (bicyclic) bond motifs is 1. The van der Waals surface area contributed by atoms with Crippen LogP contribution in [0.1, 0.15) is 42.7 Å². The van der Waals surface area contributed by atoms with Gasteiger partial charge in [-0.3, -0.25) is 9.69 Å². The topological polar surface area (TPSA) is 43.8 Å². The van der Waals surface area contributed by atoms with Crippen LogP contribution < -0.4 is 4.90 Å². The Hall–Kier alpha value is -2.31. The second-order valence-corrected chi connectivity index (χ2v) is 8.40. The summed E-state index contributed by atoms with van der Waals surface area (Å²) in [6, 6.07) is 11.1. The first kappa shape index (κ1) is 20.9. The van der Waals surface area contributed by atoms with Gasteiger partial charge >= 0.3 is 0 Å². The molecule has 1 unspecified atom stereocenters. The first-order valence-corrected chi connectivity index (χ1v) is 10.7. The molecule has 1 N–H and O–H groups in total. The minimum atomic E-state index is -0.366. The Morgan fingerprint density at radius 1 is 0.967 bits per heavy atom. The quantitative estimate of drug-likeness (QED) is 0.825. The van der Waals surface area contributed by atoms with E-state index in [1.807, 2.05) is 0 Å². The Balaban J connectivity index is 1.57. The van der Waals surface area contributed by atoms with Gasteiger partial charge in [0.1, 0.15) is 11.6 Å². The summed E-state index contributed by atoms with van der Waals surface area (Å²) in [5.41, 5.74) is 2.51. The highest BCUT2D eigenvalue weighted by molar-refractivity contribution is 5.96. The number of hydrogen-bond donors (Lipinski definition) is 1. The van der Waals surface area contributed by atoms with Gasteiger partial charge in [0.2, 0.25) is 5.91 Å². The number of halogens is 2. The summed E-state index contributed by atoms with van der Waals surface area (Å²) in [5.74, 6) is -0.354. The van der Waals surface area contributed by atoms with E-state index >= 15 is 0 Å². The molecule has 30 heavy (non-hydrogen) atoms. The van der Waals surface area contributed by atoms with Crippen molar-refractivity contribution in [2.75, 3.05) is 37.7 Å². The zero-order chi connectivity index (χ0) is 21.1. The summed E-state index contributed by atoms with van der Waals surface area (Å²) in [5, 5.41) is 9.31. The molecule has 4 nitrogen and oxygen atoms in total. The van der Waals surface area contributed by atoms with Crippen LogP contribution in [0.25, 0.3) is 0 Å². The molecule has 1 saturated heterocycles. The molecule has 1 atom stereocenters. The van der Waals surface area contributed by atoms with E-state index in [0.29, 0.717) is 24.7 Å². The van der Waals surface area contributed by atoms with Crippen molar-refractivity contribution >= 4 is 11.6 Å². The highest BCUT2D eigenvalue weighted by atomic mass is 19.1. The summed E-state index contributed by atoms with van der Waals surface area (Å²) in [6.07, 6.45) is 3.38. The van der Waals surface area contributed by atoms with E-state index in [-0.39, 0.29) is 30.1 Å². The van der Waals surface area contributed by atoms with Crippen molar-refractivity contribution in [1.29, 1.82) is 0 Å². The first-order chi connectivity index (χ1) is 14.5. The first-order valence-electron chi connectivity index (χ1n) is 10.7. The molecule has 0 bridgehead atoms. The summed E-state index contributed by atoms with van der Waals surface area (Å²) >= 11 is 0. The van der Waals surface area contributed by atoms with E-state index < -0.39 is 0 Å². The highest BCUT2D eigenvalue weighted by Crippen LogP contribution is 2.39. The van der Waals surface area contributed by atoms with E-state index in [9.17, 15) is 18.7 Å². The monoisotopic (exact) mass is 414 g/mol. The molecule has 1 amide bonds. The molecular weight excluding hydrogens is 386 g/mol. The number of nitrogens with zero attached hydrogens (tertiary/aromatic N) is 2. The summed E-state index contributed by atoms with van der Waals surface area (Å²) < 4.78 is 27.6.